The van der Waals surface area contributed by atoms with Gasteiger partial charge < -0.3 is 5.32 Å². The van der Waals surface area contributed by atoms with E-state index < -0.39 is 0 Å². The van der Waals surface area contributed by atoms with E-state index in [9.17, 15) is 0 Å². The van der Waals surface area contributed by atoms with Gasteiger partial charge in [0.05, 0.1) is 22.4 Å². The first kappa shape index (κ1) is 16.1. The Morgan fingerprint density at radius 3 is 2.80 bits per heavy atom. The average Bonchev–Trinajstić information content (AvgIpc) is 2.75. The van der Waals surface area contributed by atoms with Crippen LogP contribution >= 0.6 is 43.6 Å². The minimum absolute atomic E-state index is 0.269. The summed E-state index contributed by atoms with van der Waals surface area (Å²) in [5.74, 6) is 0.961. The number of hydrogen-bond donors (Lipinski definition) is 1. The van der Waals surface area contributed by atoms with E-state index in [4.69, 9.17) is 0 Å². The highest BCUT2D eigenvalue weighted by Crippen LogP contribution is 2.29. The van der Waals surface area contributed by atoms with E-state index in [1.165, 1.54) is 10.6 Å². The molecule has 1 atom stereocenters. The van der Waals surface area contributed by atoms with Gasteiger partial charge in [0.25, 0.3) is 0 Å². The Morgan fingerprint density at radius 2 is 2.20 bits per heavy atom. The van der Waals surface area contributed by atoms with Gasteiger partial charge in [-0.3, -0.25) is 4.68 Å². The van der Waals surface area contributed by atoms with Crippen LogP contribution in [0.2, 0.25) is 0 Å². The molecule has 0 spiro atoms. The van der Waals surface area contributed by atoms with Crippen molar-refractivity contribution in [3.05, 3.63) is 45.1 Å². The number of nitrogens with zero attached hydrogens (tertiary/aromatic N) is 2. The number of benzene rings is 1. The topological polar surface area (TPSA) is 29.9 Å². The van der Waals surface area contributed by atoms with Crippen molar-refractivity contribution in [2.45, 2.75) is 17.9 Å². The summed E-state index contributed by atoms with van der Waals surface area (Å²) in [4.78, 5) is 1.26. The van der Waals surface area contributed by atoms with Crippen LogP contribution in [0, 0.1) is 0 Å². The lowest BCUT2D eigenvalue weighted by Gasteiger charge is -2.18. The largest absolute Gasteiger partial charge is 0.308 e. The van der Waals surface area contributed by atoms with Crippen LogP contribution in [0.3, 0.4) is 0 Å². The fourth-order valence-corrected chi connectivity index (χ4v) is 4.22. The summed E-state index contributed by atoms with van der Waals surface area (Å²) in [5, 5.41) is 7.83. The lowest BCUT2D eigenvalue weighted by Crippen LogP contribution is -2.25. The maximum atomic E-state index is 4.30. The highest BCUT2D eigenvalue weighted by molar-refractivity contribution is 9.10. The minimum atomic E-state index is 0.269. The maximum absolute atomic E-state index is 4.30. The van der Waals surface area contributed by atoms with Crippen LogP contribution in [0.4, 0.5) is 0 Å². The van der Waals surface area contributed by atoms with Crippen molar-refractivity contribution in [2.75, 3.05) is 12.3 Å². The SMILES string of the molecule is CCNC(CSc1cccc(Br)c1)c1c(Br)cnn1C. The molecule has 1 aromatic carbocycles. The van der Waals surface area contributed by atoms with Crippen LogP contribution < -0.4 is 5.32 Å². The van der Waals surface area contributed by atoms with Gasteiger partial charge in [0.2, 0.25) is 0 Å². The molecule has 0 bridgehead atoms. The van der Waals surface area contributed by atoms with Crippen molar-refractivity contribution in [1.82, 2.24) is 15.1 Å². The molecule has 2 rings (SSSR count). The zero-order chi connectivity index (χ0) is 14.5. The van der Waals surface area contributed by atoms with Crippen molar-refractivity contribution < 1.29 is 0 Å². The predicted octanol–water partition coefficient (Wildman–Crippen LogP) is 4.39. The van der Waals surface area contributed by atoms with E-state index in [2.05, 4.69) is 67.4 Å². The molecule has 3 nitrogen and oxygen atoms in total. The van der Waals surface area contributed by atoms with E-state index in [0.29, 0.717) is 0 Å². The third-order valence-electron chi connectivity index (χ3n) is 2.93. The Morgan fingerprint density at radius 1 is 1.40 bits per heavy atom. The number of aryl methyl sites for hydroxylation is 1. The predicted molar refractivity (Wildman–Crippen MR) is 92.2 cm³/mol. The maximum Gasteiger partial charge on any atom is 0.0700 e. The lowest BCUT2D eigenvalue weighted by molar-refractivity contribution is 0.551. The van der Waals surface area contributed by atoms with Crippen molar-refractivity contribution >= 4 is 43.6 Å². The summed E-state index contributed by atoms with van der Waals surface area (Å²) in [6.45, 7) is 3.06. The Hall–Kier alpha value is -0.300. The smallest absolute Gasteiger partial charge is 0.0700 e. The Kier molecular flexibility index (Phi) is 6.14. The molecule has 0 aliphatic heterocycles. The number of halogens is 2. The molecule has 0 fully saturated rings. The zero-order valence-corrected chi connectivity index (χ0v) is 15.4. The monoisotopic (exact) mass is 417 g/mol. The zero-order valence-electron chi connectivity index (χ0n) is 11.4. The molecule has 0 saturated heterocycles. The first-order chi connectivity index (χ1) is 9.61. The van der Waals surface area contributed by atoms with E-state index in [-0.39, 0.29) is 6.04 Å². The molecule has 0 saturated carbocycles. The Balaban J connectivity index is 2.10. The van der Waals surface area contributed by atoms with Gasteiger partial charge >= 0.3 is 0 Å². The summed E-state index contributed by atoms with van der Waals surface area (Å²) in [5.41, 5.74) is 1.19. The first-order valence-electron chi connectivity index (χ1n) is 6.41. The van der Waals surface area contributed by atoms with E-state index in [1.807, 2.05) is 35.8 Å². The summed E-state index contributed by atoms with van der Waals surface area (Å²) in [6.07, 6.45) is 1.85. The molecule has 108 valence electrons. The number of aromatic nitrogens is 2. The average molecular weight is 419 g/mol. The van der Waals surface area contributed by atoms with Gasteiger partial charge in [0.1, 0.15) is 0 Å². The second kappa shape index (κ2) is 7.64. The fourth-order valence-electron chi connectivity index (χ4n) is 2.03. The Bertz CT molecular complexity index is 552. The van der Waals surface area contributed by atoms with Crippen molar-refractivity contribution in [3.63, 3.8) is 0 Å². The molecule has 2 aromatic rings. The second-order valence-corrected chi connectivity index (χ2v) is 7.24. The number of hydrogen-bond acceptors (Lipinski definition) is 3. The van der Waals surface area contributed by atoms with Crippen LogP contribution in [-0.4, -0.2) is 22.1 Å². The van der Waals surface area contributed by atoms with Gasteiger partial charge in [-0.15, -0.1) is 11.8 Å². The van der Waals surface area contributed by atoms with Gasteiger partial charge in [0.15, 0.2) is 0 Å². The van der Waals surface area contributed by atoms with Crippen LogP contribution in [0.1, 0.15) is 18.7 Å². The highest BCUT2D eigenvalue weighted by Gasteiger charge is 2.18. The van der Waals surface area contributed by atoms with Crippen LogP contribution in [-0.2, 0) is 7.05 Å². The van der Waals surface area contributed by atoms with E-state index in [0.717, 1.165) is 21.2 Å². The first-order valence-corrected chi connectivity index (χ1v) is 8.98. The summed E-state index contributed by atoms with van der Waals surface area (Å²) >= 11 is 8.94. The van der Waals surface area contributed by atoms with Crippen molar-refractivity contribution in [1.29, 1.82) is 0 Å². The second-order valence-electron chi connectivity index (χ2n) is 4.38. The molecular weight excluding hydrogens is 402 g/mol. The standard InChI is InChI=1S/C14H17Br2N3S/c1-3-17-13(14-12(16)8-18-19(14)2)9-20-11-6-4-5-10(15)7-11/h4-8,13,17H,3,9H2,1-2H3. The molecule has 0 aliphatic carbocycles. The molecule has 0 aliphatic rings. The quantitative estimate of drug-likeness (QED) is 0.705. The molecular formula is C14H17Br2N3S. The molecule has 0 radical (unpaired) electrons. The van der Waals surface area contributed by atoms with Gasteiger partial charge in [-0.05, 0) is 40.7 Å². The van der Waals surface area contributed by atoms with Crippen LogP contribution in [0.25, 0.3) is 0 Å². The van der Waals surface area contributed by atoms with Crippen molar-refractivity contribution in [3.8, 4) is 0 Å². The van der Waals surface area contributed by atoms with Crippen LogP contribution in [0.5, 0.6) is 0 Å². The van der Waals surface area contributed by atoms with Gasteiger partial charge in [-0.2, -0.15) is 5.10 Å². The highest BCUT2D eigenvalue weighted by atomic mass is 79.9. The van der Waals surface area contributed by atoms with Gasteiger partial charge in [-0.25, -0.2) is 0 Å². The lowest BCUT2D eigenvalue weighted by atomic mass is 10.2. The number of rotatable bonds is 6. The van der Waals surface area contributed by atoms with Crippen molar-refractivity contribution in [2.24, 2.45) is 7.05 Å². The minimum Gasteiger partial charge on any atom is -0.308 e. The normalized spacial score (nSPS) is 12.6. The van der Waals surface area contributed by atoms with E-state index in [1.54, 1.807) is 0 Å². The molecule has 1 unspecified atom stereocenters. The molecule has 6 heteroatoms. The molecule has 1 N–H and O–H groups in total. The molecule has 20 heavy (non-hydrogen) atoms. The fraction of sp³-hybridized carbons (Fsp3) is 0.357. The van der Waals surface area contributed by atoms with E-state index >= 15 is 0 Å². The summed E-state index contributed by atoms with van der Waals surface area (Å²) in [6, 6.07) is 8.66. The van der Waals surface area contributed by atoms with Gasteiger partial charge in [0, 0.05) is 22.2 Å². The number of thioether (sulfide) groups is 1. The third-order valence-corrected chi connectivity index (χ3v) is 5.12. The van der Waals surface area contributed by atoms with Crippen LogP contribution in [0.15, 0.2) is 44.3 Å². The van der Waals surface area contributed by atoms with Gasteiger partial charge in [-0.1, -0.05) is 28.9 Å². The summed E-state index contributed by atoms with van der Waals surface area (Å²) in [7, 11) is 1.98. The molecule has 0 amide bonds. The third kappa shape index (κ3) is 4.10. The molecule has 1 aromatic heterocycles. The summed E-state index contributed by atoms with van der Waals surface area (Å²) < 4.78 is 4.10. The molecule has 1 heterocycles. The number of nitrogens with one attached hydrogen (secondary N) is 1. The Labute approximate surface area is 140 Å².